The lowest BCUT2D eigenvalue weighted by atomic mass is 9.94. The number of nitrogens with zero attached hydrogens (tertiary/aromatic N) is 1. The molecule has 0 spiro atoms. The average Bonchev–Trinajstić information content (AvgIpc) is 2.48. The Balaban J connectivity index is 0.00000288. The summed E-state index contributed by atoms with van der Waals surface area (Å²) in [5, 5.41) is 3.14. The van der Waals surface area contributed by atoms with Crippen LogP contribution in [-0.2, 0) is 6.18 Å². The van der Waals surface area contributed by atoms with E-state index in [0.717, 1.165) is 45.1 Å². The van der Waals surface area contributed by atoms with E-state index in [2.05, 4.69) is 24.1 Å². The minimum absolute atomic E-state index is 0. The molecule has 0 unspecified atom stereocenters. The third kappa shape index (κ3) is 6.79. The van der Waals surface area contributed by atoms with E-state index in [1.165, 1.54) is 6.07 Å². The Morgan fingerprint density at radius 2 is 1.72 bits per heavy atom. The molecule has 1 aliphatic rings. The molecule has 1 saturated heterocycles. The first-order chi connectivity index (χ1) is 10.8. The van der Waals surface area contributed by atoms with Crippen molar-refractivity contribution in [3.63, 3.8) is 0 Å². The molecular weight excluding hydrogens is 396 g/mol. The molecule has 1 atom stereocenters. The molecule has 25 heavy (non-hydrogen) atoms. The molecule has 1 aromatic carbocycles. The maximum Gasteiger partial charge on any atom is 0.417 e. The maximum atomic E-state index is 13.1. The SMILES string of the molecule is CC(C)CC[C@@H](c1cccc(C(F)(F)F)c1Cl)N1CCNCC1.Cl.Cl. The molecule has 8 heteroatoms. The summed E-state index contributed by atoms with van der Waals surface area (Å²) in [5.41, 5.74) is -0.134. The van der Waals surface area contributed by atoms with Crippen molar-refractivity contribution in [1.29, 1.82) is 0 Å². The van der Waals surface area contributed by atoms with E-state index in [0.29, 0.717) is 11.5 Å². The van der Waals surface area contributed by atoms with E-state index < -0.39 is 11.7 Å². The zero-order valence-electron chi connectivity index (χ0n) is 14.4. The molecule has 1 aliphatic heterocycles. The summed E-state index contributed by atoms with van der Waals surface area (Å²) in [7, 11) is 0. The Hall–Kier alpha value is -0.200. The number of rotatable bonds is 5. The van der Waals surface area contributed by atoms with Crippen LogP contribution in [0.2, 0.25) is 5.02 Å². The minimum atomic E-state index is -4.42. The zero-order chi connectivity index (χ0) is 17.0. The van der Waals surface area contributed by atoms with Crippen molar-refractivity contribution in [2.24, 2.45) is 5.92 Å². The van der Waals surface area contributed by atoms with Crippen LogP contribution < -0.4 is 5.32 Å². The van der Waals surface area contributed by atoms with Crippen molar-refractivity contribution in [3.8, 4) is 0 Å². The number of nitrogens with one attached hydrogen (secondary N) is 1. The van der Waals surface area contributed by atoms with Gasteiger partial charge in [0, 0.05) is 32.2 Å². The van der Waals surface area contributed by atoms with Crippen molar-refractivity contribution < 1.29 is 13.2 Å². The standard InChI is InChI=1S/C17H24ClF3N2.2ClH/c1-12(2)6-7-15(23-10-8-22-9-11-23)13-4-3-5-14(16(13)18)17(19,20)21;;/h3-5,12,15,22H,6-11H2,1-2H3;2*1H/t15-;;/m0../s1. The summed E-state index contributed by atoms with van der Waals surface area (Å²) in [5.74, 6) is 0.505. The van der Waals surface area contributed by atoms with Crippen LogP contribution in [-0.4, -0.2) is 31.1 Å². The van der Waals surface area contributed by atoms with E-state index in [4.69, 9.17) is 11.6 Å². The zero-order valence-corrected chi connectivity index (χ0v) is 16.8. The van der Waals surface area contributed by atoms with Gasteiger partial charge in [-0.05, 0) is 30.4 Å². The minimum Gasteiger partial charge on any atom is -0.314 e. The van der Waals surface area contributed by atoms with Crippen LogP contribution in [0.3, 0.4) is 0 Å². The highest BCUT2D eigenvalue weighted by Crippen LogP contribution is 2.40. The molecule has 0 saturated carbocycles. The summed E-state index contributed by atoms with van der Waals surface area (Å²) < 4.78 is 39.4. The fourth-order valence-electron chi connectivity index (χ4n) is 3.05. The van der Waals surface area contributed by atoms with Crippen molar-refractivity contribution in [3.05, 3.63) is 34.3 Å². The van der Waals surface area contributed by atoms with E-state index in [9.17, 15) is 13.2 Å². The van der Waals surface area contributed by atoms with Crippen molar-refractivity contribution in [2.75, 3.05) is 26.2 Å². The molecule has 1 N–H and O–H groups in total. The third-order valence-electron chi connectivity index (χ3n) is 4.30. The summed E-state index contributed by atoms with van der Waals surface area (Å²) in [6, 6.07) is 4.21. The lowest BCUT2D eigenvalue weighted by Gasteiger charge is -2.36. The summed E-state index contributed by atoms with van der Waals surface area (Å²) in [6.07, 6.45) is -2.64. The molecule has 1 aromatic rings. The number of piperazine rings is 1. The normalized spacial score (nSPS) is 16.9. The van der Waals surface area contributed by atoms with E-state index in [-0.39, 0.29) is 35.9 Å². The van der Waals surface area contributed by atoms with Crippen LogP contribution >= 0.6 is 36.4 Å². The van der Waals surface area contributed by atoms with Crippen LogP contribution in [0.1, 0.15) is 43.9 Å². The Labute approximate surface area is 165 Å². The molecule has 0 aliphatic carbocycles. The van der Waals surface area contributed by atoms with Crippen LogP contribution in [0.4, 0.5) is 13.2 Å². The lowest BCUT2D eigenvalue weighted by Crippen LogP contribution is -2.45. The largest absolute Gasteiger partial charge is 0.417 e. The summed E-state index contributed by atoms with van der Waals surface area (Å²) >= 11 is 6.16. The highest BCUT2D eigenvalue weighted by atomic mass is 35.5. The van der Waals surface area contributed by atoms with Gasteiger partial charge in [-0.25, -0.2) is 0 Å². The second kappa shape index (κ2) is 10.8. The first kappa shape index (κ1) is 24.8. The Bertz CT molecular complexity index is 518. The van der Waals surface area contributed by atoms with Gasteiger partial charge in [-0.15, -0.1) is 24.8 Å². The molecule has 1 heterocycles. The van der Waals surface area contributed by atoms with E-state index in [1.54, 1.807) is 6.07 Å². The monoisotopic (exact) mass is 420 g/mol. The van der Waals surface area contributed by atoms with Crippen molar-refractivity contribution in [1.82, 2.24) is 10.2 Å². The van der Waals surface area contributed by atoms with Crippen LogP contribution in [0.25, 0.3) is 0 Å². The lowest BCUT2D eigenvalue weighted by molar-refractivity contribution is -0.137. The van der Waals surface area contributed by atoms with Gasteiger partial charge >= 0.3 is 6.18 Å². The average molecular weight is 422 g/mol. The Morgan fingerprint density at radius 1 is 1.12 bits per heavy atom. The number of hydrogen-bond donors (Lipinski definition) is 1. The maximum absolute atomic E-state index is 13.1. The predicted molar refractivity (Wildman–Crippen MR) is 102 cm³/mol. The Kier molecular flexibility index (Phi) is 10.7. The first-order valence-electron chi connectivity index (χ1n) is 8.11. The van der Waals surface area contributed by atoms with Gasteiger partial charge in [0.05, 0.1) is 10.6 Å². The van der Waals surface area contributed by atoms with Crippen LogP contribution in [0.15, 0.2) is 18.2 Å². The molecular formula is C17H26Cl3F3N2. The van der Waals surface area contributed by atoms with Crippen molar-refractivity contribution in [2.45, 2.75) is 38.9 Å². The van der Waals surface area contributed by atoms with Gasteiger partial charge in [0.25, 0.3) is 0 Å². The molecule has 0 radical (unpaired) electrons. The van der Waals surface area contributed by atoms with Crippen LogP contribution in [0, 0.1) is 5.92 Å². The van der Waals surface area contributed by atoms with Crippen molar-refractivity contribution >= 4 is 36.4 Å². The van der Waals surface area contributed by atoms with Gasteiger partial charge in [-0.1, -0.05) is 37.6 Å². The third-order valence-corrected chi connectivity index (χ3v) is 4.72. The molecule has 1 fully saturated rings. The predicted octanol–water partition coefficient (Wildman–Crippen LogP) is 5.58. The van der Waals surface area contributed by atoms with Gasteiger partial charge in [-0.2, -0.15) is 13.2 Å². The summed E-state index contributed by atoms with van der Waals surface area (Å²) in [4.78, 5) is 2.25. The van der Waals surface area contributed by atoms with E-state index >= 15 is 0 Å². The number of benzene rings is 1. The molecule has 0 amide bonds. The topological polar surface area (TPSA) is 15.3 Å². The molecule has 146 valence electrons. The summed E-state index contributed by atoms with van der Waals surface area (Å²) in [6.45, 7) is 7.62. The number of alkyl halides is 3. The number of halogens is 6. The van der Waals surface area contributed by atoms with Gasteiger partial charge < -0.3 is 5.32 Å². The second-order valence-corrected chi connectivity index (χ2v) is 6.86. The second-order valence-electron chi connectivity index (χ2n) is 6.48. The van der Waals surface area contributed by atoms with Gasteiger partial charge in [0.15, 0.2) is 0 Å². The fourth-order valence-corrected chi connectivity index (χ4v) is 3.40. The van der Waals surface area contributed by atoms with Gasteiger partial charge in [0.1, 0.15) is 0 Å². The fraction of sp³-hybridized carbons (Fsp3) is 0.647. The Morgan fingerprint density at radius 3 is 2.24 bits per heavy atom. The van der Waals surface area contributed by atoms with Crippen LogP contribution in [0.5, 0.6) is 0 Å². The molecule has 0 bridgehead atoms. The highest BCUT2D eigenvalue weighted by molar-refractivity contribution is 6.32. The first-order valence-corrected chi connectivity index (χ1v) is 8.49. The van der Waals surface area contributed by atoms with Gasteiger partial charge in [0.2, 0.25) is 0 Å². The van der Waals surface area contributed by atoms with Gasteiger partial charge in [-0.3, -0.25) is 4.90 Å². The molecule has 2 nitrogen and oxygen atoms in total. The number of hydrogen-bond acceptors (Lipinski definition) is 2. The molecule has 0 aromatic heterocycles. The molecule has 2 rings (SSSR count). The smallest absolute Gasteiger partial charge is 0.314 e. The quantitative estimate of drug-likeness (QED) is 0.667. The van der Waals surface area contributed by atoms with E-state index in [1.807, 2.05) is 0 Å². The highest BCUT2D eigenvalue weighted by Gasteiger charge is 2.35.